The molecule has 2 rings (SSSR count). The average Bonchev–Trinajstić information content (AvgIpc) is 2.60. The minimum atomic E-state index is -0.433. The van der Waals surface area contributed by atoms with Crippen LogP contribution < -0.4 is 16.2 Å². The second-order valence-corrected chi connectivity index (χ2v) is 5.98. The fraction of sp³-hybridized carbons (Fsp3) is 0.222. The first-order chi connectivity index (χ1) is 12.0. The molecule has 0 unspecified atom stereocenters. The standard InChI is InChI=1S/C18H20FN3O2S/c1-12(2)24-11-13-7-9-14(10-8-13)17(23)21-22-18(25)20-16-6-4-3-5-15(16)19/h3-10,12H,11H2,1-2H3,(H,21,23)(H2,20,22,25). The van der Waals surface area contributed by atoms with Gasteiger partial charge in [-0.15, -0.1) is 0 Å². The van der Waals surface area contributed by atoms with Crippen LogP contribution in [0.15, 0.2) is 48.5 Å². The van der Waals surface area contributed by atoms with Crippen LogP contribution in [-0.4, -0.2) is 17.1 Å². The van der Waals surface area contributed by atoms with Crippen LogP contribution in [0.25, 0.3) is 0 Å². The molecule has 0 aliphatic carbocycles. The predicted octanol–water partition coefficient (Wildman–Crippen LogP) is 3.38. The van der Waals surface area contributed by atoms with Crippen LogP contribution >= 0.6 is 12.2 Å². The molecule has 0 fully saturated rings. The third-order valence-corrected chi connectivity index (χ3v) is 3.42. The highest BCUT2D eigenvalue weighted by atomic mass is 32.1. The van der Waals surface area contributed by atoms with Crippen LogP contribution in [0.2, 0.25) is 0 Å². The zero-order valence-electron chi connectivity index (χ0n) is 14.0. The summed E-state index contributed by atoms with van der Waals surface area (Å²) in [6.07, 6.45) is 0.148. The molecule has 7 heteroatoms. The maximum absolute atomic E-state index is 13.5. The summed E-state index contributed by atoms with van der Waals surface area (Å²) >= 11 is 5.02. The first-order valence-electron chi connectivity index (χ1n) is 7.78. The summed E-state index contributed by atoms with van der Waals surface area (Å²) in [5, 5.41) is 2.75. The van der Waals surface area contributed by atoms with E-state index in [-0.39, 0.29) is 22.8 Å². The zero-order chi connectivity index (χ0) is 18.2. The highest BCUT2D eigenvalue weighted by Gasteiger charge is 2.07. The van der Waals surface area contributed by atoms with Crippen LogP contribution in [0.1, 0.15) is 29.8 Å². The van der Waals surface area contributed by atoms with E-state index in [0.29, 0.717) is 12.2 Å². The topological polar surface area (TPSA) is 62.4 Å². The quantitative estimate of drug-likeness (QED) is 0.563. The molecule has 0 aliphatic rings. The SMILES string of the molecule is CC(C)OCc1ccc(C(=O)NNC(=S)Nc2ccccc2F)cc1. The molecular formula is C18H20FN3O2S. The van der Waals surface area contributed by atoms with E-state index in [4.69, 9.17) is 17.0 Å². The van der Waals surface area contributed by atoms with E-state index in [0.717, 1.165) is 5.56 Å². The summed E-state index contributed by atoms with van der Waals surface area (Å²) in [7, 11) is 0. The third kappa shape index (κ3) is 6.13. The molecule has 0 atom stereocenters. The maximum atomic E-state index is 13.5. The molecule has 0 bridgehead atoms. The molecule has 2 aromatic rings. The first-order valence-corrected chi connectivity index (χ1v) is 8.19. The van der Waals surface area contributed by atoms with Gasteiger partial charge in [0.25, 0.3) is 5.91 Å². The molecule has 3 N–H and O–H groups in total. The Morgan fingerprint density at radius 3 is 2.44 bits per heavy atom. The lowest BCUT2D eigenvalue weighted by Gasteiger charge is -2.12. The molecular weight excluding hydrogens is 341 g/mol. The van der Waals surface area contributed by atoms with Crippen LogP contribution in [0, 0.1) is 5.82 Å². The van der Waals surface area contributed by atoms with Crippen molar-refractivity contribution in [3.63, 3.8) is 0 Å². The molecule has 1 amide bonds. The summed E-state index contributed by atoms with van der Waals surface area (Å²) in [5.74, 6) is -0.786. The summed E-state index contributed by atoms with van der Waals surface area (Å²) < 4.78 is 19.0. The number of thiocarbonyl (C=S) groups is 1. The van der Waals surface area contributed by atoms with Gasteiger partial charge in [-0.2, -0.15) is 0 Å². The van der Waals surface area contributed by atoms with Crippen molar-refractivity contribution in [1.82, 2.24) is 10.9 Å². The molecule has 2 aromatic carbocycles. The second kappa shape index (κ2) is 9.10. The van der Waals surface area contributed by atoms with Gasteiger partial charge in [0.15, 0.2) is 5.11 Å². The van der Waals surface area contributed by atoms with Gasteiger partial charge in [-0.1, -0.05) is 24.3 Å². The number of carbonyl (C=O) groups is 1. The number of anilines is 1. The van der Waals surface area contributed by atoms with Crippen molar-refractivity contribution in [2.24, 2.45) is 0 Å². The number of carbonyl (C=O) groups excluding carboxylic acids is 1. The van der Waals surface area contributed by atoms with Crippen molar-refractivity contribution >= 4 is 28.9 Å². The summed E-state index contributed by atoms with van der Waals surface area (Å²) in [4.78, 5) is 12.1. The third-order valence-electron chi connectivity index (χ3n) is 3.21. The normalized spacial score (nSPS) is 10.4. The van der Waals surface area contributed by atoms with Crippen molar-refractivity contribution in [3.05, 3.63) is 65.5 Å². The van der Waals surface area contributed by atoms with E-state index >= 15 is 0 Å². The average molecular weight is 361 g/mol. The molecule has 0 saturated carbocycles. The fourth-order valence-corrected chi connectivity index (χ4v) is 2.08. The Labute approximate surface area is 151 Å². The van der Waals surface area contributed by atoms with Crippen LogP contribution in [-0.2, 0) is 11.3 Å². The van der Waals surface area contributed by atoms with E-state index in [1.165, 1.54) is 6.07 Å². The van der Waals surface area contributed by atoms with Crippen molar-refractivity contribution in [3.8, 4) is 0 Å². The van der Waals surface area contributed by atoms with Crippen LogP contribution in [0.3, 0.4) is 0 Å². The molecule has 0 aliphatic heterocycles. The Balaban J connectivity index is 1.83. The molecule has 25 heavy (non-hydrogen) atoms. The zero-order valence-corrected chi connectivity index (χ0v) is 14.8. The molecule has 0 aromatic heterocycles. The van der Waals surface area contributed by atoms with Gasteiger partial charge in [0.1, 0.15) is 5.82 Å². The van der Waals surface area contributed by atoms with Gasteiger partial charge < -0.3 is 10.1 Å². The van der Waals surface area contributed by atoms with E-state index < -0.39 is 5.82 Å². The minimum Gasteiger partial charge on any atom is -0.374 e. The highest BCUT2D eigenvalue weighted by Crippen LogP contribution is 2.12. The Hall–Kier alpha value is -2.51. The number of para-hydroxylation sites is 1. The maximum Gasteiger partial charge on any atom is 0.269 e. The first kappa shape index (κ1) is 18.8. The lowest BCUT2D eigenvalue weighted by atomic mass is 10.1. The van der Waals surface area contributed by atoms with Gasteiger partial charge >= 0.3 is 0 Å². The van der Waals surface area contributed by atoms with Crippen molar-refractivity contribution in [2.75, 3.05) is 5.32 Å². The summed E-state index contributed by atoms with van der Waals surface area (Å²) in [6, 6.07) is 13.2. The Morgan fingerprint density at radius 2 is 1.80 bits per heavy atom. The number of amides is 1. The van der Waals surface area contributed by atoms with Gasteiger partial charge in [-0.25, -0.2) is 4.39 Å². The Morgan fingerprint density at radius 1 is 1.12 bits per heavy atom. The second-order valence-electron chi connectivity index (χ2n) is 5.57. The van der Waals surface area contributed by atoms with Gasteiger partial charge in [0.05, 0.1) is 18.4 Å². The molecule has 0 heterocycles. The van der Waals surface area contributed by atoms with E-state index in [1.807, 2.05) is 26.0 Å². The summed E-state index contributed by atoms with van der Waals surface area (Å²) in [6.45, 7) is 4.42. The number of benzene rings is 2. The van der Waals surface area contributed by atoms with Crippen molar-refractivity contribution in [1.29, 1.82) is 0 Å². The lowest BCUT2D eigenvalue weighted by Crippen LogP contribution is -2.43. The van der Waals surface area contributed by atoms with Gasteiger partial charge in [0.2, 0.25) is 0 Å². The summed E-state index contributed by atoms with van der Waals surface area (Å²) in [5.41, 5.74) is 6.68. The smallest absolute Gasteiger partial charge is 0.269 e. The van der Waals surface area contributed by atoms with Crippen LogP contribution in [0.5, 0.6) is 0 Å². The van der Waals surface area contributed by atoms with Crippen molar-refractivity contribution in [2.45, 2.75) is 26.6 Å². The van der Waals surface area contributed by atoms with Crippen molar-refractivity contribution < 1.29 is 13.9 Å². The minimum absolute atomic E-state index is 0.0837. The van der Waals surface area contributed by atoms with E-state index in [9.17, 15) is 9.18 Å². The molecule has 0 saturated heterocycles. The number of halogens is 1. The largest absolute Gasteiger partial charge is 0.374 e. The number of ether oxygens (including phenoxy) is 1. The van der Waals surface area contributed by atoms with Crippen LogP contribution in [0.4, 0.5) is 10.1 Å². The highest BCUT2D eigenvalue weighted by molar-refractivity contribution is 7.80. The predicted molar refractivity (Wildman–Crippen MR) is 99.6 cm³/mol. The van der Waals surface area contributed by atoms with E-state index in [1.54, 1.807) is 30.3 Å². The number of nitrogens with one attached hydrogen (secondary N) is 3. The number of hydrazine groups is 1. The molecule has 5 nitrogen and oxygen atoms in total. The monoisotopic (exact) mass is 361 g/mol. The van der Waals surface area contributed by atoms with Gasteiger partial charge in [-0.05, 0) is 55.9 Å². The van der Waals surface area contributed by atoms with E-state index in [2.05, 4.69) is 16.2 Å². The fourth-order valence-electron chi connectivity index (χ4n) is 1.92. The number of hydrogen-bond donors (Lipinski definition) is 3. The number of rotatable bonds is 5. The molecule has 0 radical (unpaired) electrons. The molecule has 0 spiro atoms. The van der Waals surface area contributed by atoms with Gasteiger partial charge in [0, 0.05) is 5.56 Å². The Kier molecular flexibility index (Phi) is 6.85. The number of hydrogen-bond acceptors (Lipinski definition) is 3. The lowest BCUT2D eigenvalue weighted by molar-refractivity contribution is 0.0656. The van der Waals surface area contributed by atoms with Gasteiger partial charge in [-0.3, -0.25) is 15.6 Å². The molecule has 132 valence electrons. The Bertz CT molecular complexity index is 735.